The lowest BCUT2D eigenvalue weighted by Gasteiger charge is -2.18. The first-order chi connectivity index (χ1) is 27.2. The van der Waals surface area contributed by atoms with Crippen molar-refractivity contribution in [1.82, 2.24) is 9.97 Å². The van der Waals surface area contributed by atoms with Crippen LogP contribution in [0.15, 0.2) is 146 Å². The molecule has 2 fully saturated rings. The number of hydrogen-bond donors (Lipinski definition) is 2. The number of rotatable bonds is 8. The molecule has 2 aliphatic carbocycles. The Balaban J connectivity index is 0.000000146. The monoisotopic (exact) mass is 740 g/mol. The fourth-order valence-electron chi connectivity index (χ4n) is 8.95. The van der Waals surface area contributed by atoms with Crippen LogP contribution in [-0.4, -0.2) is 43.9 Å². The second kappa shape index (κ2) is 13.4. The molecule has 2 saturated carbocycles. The van der Waals surface area contributed by atoms with Crippen LogP contribution < -0.4 is 9.80 Å². The number of aromatic nitrogens is 2. The van der Waals surface area contributed by atoms with E-state index in [1.54, 1.807) is 58.6 Å². The average molecular weight is 741 g/mol. The quantitative estimate of drug-likeness (QED) is 0.164. The van der Waals surface area contributed by atoms with Crippen molar-refractivity contribution in [3.8, 4) is 0 Å². The molecule has 276 valence electrons. The van der Waals surface area contributed by atoms with Gasteiger partial charge in [-0.25, -0.2) is 9.59 Å². The number of carboxylic acids is 2. The lowest BCUT2D eigenvalue weighted by Crippen LogP contribution is -2.32. The molecule has 4 heterocycles. The minimum atomic E-state index is -0.967. The van der Waals surface area contributed by atoms with Gasteiger partial charge in [0.2, 0.25) is 11.8 Å². The van der Waals surface area contributed by atoms with Gasteiger partial charge >= 0.3 is 11.9 Å². The lowest BCUT2D eigenvalue weighted by molar-refractivity contribution is -0.121. The van der Waals surface area contributed by atoms with Crippen molar-refractivity contribution >= 4 is 35.1 Å². The molecule has 6 aromatic rings. The molecule has 56 heavy (non-hydrogen) atoms. The van der Waals surface area contributed by atoms with E-state index in [4.69, 9.17) is 0 Å². The summed E-state index contributed by atoms with van der Waals surface area (Å²) in [4.78, 5) is 61.7. The highest BCUT2D eigenvalue weighted by Crippen LogP contribution is 2.67. The smallest absolute Gasteiger partial charge is 0.335 e. The van der Waals surface area contributed by atoms with Crippen LogP contribution in [0.3, 0.4) is 0 Å². The van der Waals surface area contributed by atoms with Crippen LogP contribution >= 0.6 is 0 Å². The van der Waals surface area contributed by atoms with Gasteiger partial charge in [-0.2, -0.15) is 0 Å². The van der Waals surface area contributed by atoms with Gasteiger partial charge in [-0.1, -0.05) is 72.8 Å². The topological polar surface area (TPSA) is 141 Å². The summed E-state index contributed by atoms with van der Waals surface area (Å²) in [6.45, 7) is 0.719. The molecule has 4 aliphatic rings. The van der Waals surface area contributed by atoms with E-state index in [2.05, 4.69) is 9.97 Å². The van der Waals surface area contributed by atoms with Gasteiger partial charge in [-0.3, -0.25) is 19.6 Å². The van der Waals surface area contributed by atoms with Gasteiger partial charge in [-0.05, 0) is 94.8 Å². The van der Waals surface area contributed by atoms with Crippen LogP contribution in [0.4, 0.5) is 11.4 Å². The van der Waals surface area contributed by atoms with E-state index in [1.807, 2.05) is 97.3 Å². The maximum Gasteiger partial charge on any atom is 0.335 e. The molecule has 0 radical (unpaired) electrons. The Morgan fingerprint density at radius 2 is 1.00 bits per heavy atom. The van der Waals surface area contributed by atoms with Gasteiger partial charge in [0.1, 0.15) is 0 Å². The number of benzene rings is 4. The van der Waals surface area contributed by atoms with E-state index in [0.29, 0.717) is 13.1 Å². The predicted octanol–water partition coefficient (Wildman–Crippen LogP) is 7.50. The van der Waals surface area contributed by atoms with Crippen molar-refractivity contribution < 1.29 is 29.4 Å². The zero-order valence-electron chi connectivity index (χ0n) is 30.2. The molecular weight excluding hydrogens is 705 g/mol. The first kappa shape index (κ1) is 34.8. The molecule has 2 spiro atoms. The maximum absolute atomic E-state index is 13.5. The van der Waals surface area contributed by atoms with Crippen LogP contribution in [0.25, 0.3) is 0 Å². The van der Waals surface area contributed by atoms with Gasteiger partial charge in [0, 0.05) is 48.0 Å². The number of fused-ring (bicyclic) bond motifs is 4. The van der Waals surface area contributed by atoms with Crippen molar-refractivity contribution in [1.29, 1.82) is 0 Å². The number of nitrogens with zero attached hydrogens (tertiary/aromatic N) is 4. The Hall–Kier alpha value is -6.94. The molecule has 2 aromatic heterocycles. The molecule has 4 aromatic carbocycles. The molecular formula is C46H36N4O6. The predicted molar refractivity (Wildman–Crippen MR) is 209 cm³/mol. The first-order valence-electron chi connectivity index (χ1n) is 18.5. The van der Waals surface area contributed by atoms with Crippen LogP contribution in [0, 0.1) is 0 Å². The van der Waals surface area contributed by atoms with Gasteiger partial charge in [0.05, 0.1) is 35.0 Å². The Labute approximate surface area is 322 Å². The lowest BCUT2D eigenvalue weighted by atomic mass is 9.92. The molecule has 10 heteroatoms. The van der Waals surface area contributed by atoms with Gasteiger partial charge in [-0.15, -0.1) is 0 Å². The van der Waals surface area contributed by atoms with Crippen molar-refractivity contribution in [2.24, 2.45) is 0 Å². The van der Waals surface area contributed by atoms with Crippen LogP contribution in [0.2, 0.25) is 0 Å². The van der Waals surface area contributed by atoms with Crippen molar-refractivity contribution in [2.75, 3.05) is 9.80 Å². The number of pyridine rings is 2. The van der Waals surface area contributed by atoms with Gasteiger partial charge in [0.25, 0.3) is 0 Å². The number of carbonyl (C=O) groups excluding carboxylic acids is 2. The first-order valence-corrected chi connectivity index (χ1v) is 18.5. The Bertz CT molecular complexity index is 2370. The highest BCUT2D eigenvalue weighted by atomic mass is 16.4. The van der Waals surface area contributed by atoms with Crippen LogP contribution in [-0.2, 0) is 33.5 Å². The Kier molecular flexibility index (Phi) is 8.34. The molecule has 10 rings (SSSR count). The molecule has 4 atom stereocenters. The third kappa shape index (κ3) is 5.64. The summed E-state index contributed by atoms with van der Waals surface area (Å²) < 4.78 is 0. The van der Waals surface area contributed by atoms with E-state index in [-0.39, 0.29) is 34.8 Å². The highest BCUT2D eigenvalue weighted by molar-refractivity contribution is 6.12. The molecule has 2 N–H and O–H groups in total. The number of anilines is 2. The van der Waals surface area contributed by atoms with Crippen molar-refractivity contribution in [2.45, 2.75) is 48.6 Å². The normalized spacial score (nSPS) is 22.4. The average Bonchev–Trinajstić information content (AvgIpc) is 4.14. The third-order valence-electron chi connectivity index (χ3n) is 11.7. The summed E-state index contributed by atoms with van der Waals surface area (Å²) >= 11 is 0. The van der Waals surface area contributed by atoms with Gasteiger partial charge in [0.15, 0.2) is 0 Å². The van der Waals surface area contributed by atoms with Gasteiger partial charge < -0.3 is 20.0 Å². The number of para-hydroxylation sites is 2. The molecule has 10 nitrogen and oxygen atoms in total. The molecule has 0 unspecified atom stereocenters. The Morgan fingerprint density at radius 3 is 1.39 bits per heavy atom. The van der Waals surface area contributed by atoms with Crippen molar-refractivity contribution in [3.05, 3.63) is 191 Å². The summed E-state index contributed by atoms with van der Waals surface area (Å²) in [6.07, 6.45) is 8.72. The van der Waals surface area contributed by atoms with Crippen LogP contribution in [0.1, 0.15) is 78.8 Å². The van der Waals surface area contributed by atoms with Crippen molar-refractivity contribution in [3.63, 3.8) is 0 Å². The van der Waals surface area contributed by atoms with Crippen LogP contribution in [0.5, 0.6) is 0 Å². The highest BCUT2D eigenvalue weighted by Gasteiger charge is 2.68. The Morgan fingerprint density at radius 1 is 0.571 bits per heavy atom. The summed E-state index contributed by atoms with van der Waals surface area (Å²) in [5, 5.41) is 18.5. The summed E-state index contributed by atoms with van der Waals surface area (Å²) in [6, 6.07) is 37.3. The zero-order chi connectivity index (χ0) is 38.6. The van der Waals surface area contributed by atoms with E-state index in [9.17, 15) is 29.4 Å². The fraction of sp³-hybridized carbons (Fsp3) is 0.174. The summed E-state index contributed by atoms with van der Waals surface area (Å²) in [7, 11) is 0. The number of hydrogen-bond acceptors (Lipinski definition) is 6. The molecule has 0 bridgehead atoms. The molecule has 2 amide bonds. The number of carbonyl (C=O) groups is 4. The number of amides is 2. The second-order valence-corrected chi connectivity index (χ2v) is 14.9. The third-order valence-corrected chi connectivity index (χ3v) is 11.7. The largest absolute Gasteiger partial charge is 0.478 e. The second-order valence-electron chi connectivity index (χ2n) is 14.9. The fourth-order valence-corrected chi connectivity index (χ4v) is 8.95. The zero-order valence-corrected chi connectivity index (χ0v) is 30.2. The summed E-state index contributed by atoms with van der Waals surface area (Å²) in [5.74, 6) is -1.50. The van der Waals surface area contributed by atoms with E-state index in [0.717, 1.165) is 57.6 Å². The van der Waals surface area contributed by atoms with E-state index < -0.39 is 22.8 Å². The minimum absolute atomic E-state index is 0.0864. The summed E-state index contributed by atoms with van der Waals surface area (Å²) in [5.41, 5.74) is 7.14. The molecule has 0 saturated heterocycles. The SMILES string of the molecule is O=C(O)c1cccc(CN2C(=O)[C@@]3(C[C@H]3c3cccnc3)c3ccccc32)c1.O=C(O)c1cccc(CN2C(=O)[C@]3(C[C@@H]3c3cccnc3)c3ccccc32)c1. The number of aromatic carboxylic acids is 2. The molecule has 2 aliphatic heterocycles. The number of carboxylic acid groups (broad SMARTS) is 2. The minimum Gasteiger partial charge on any atom is -0.478 e. The van der Waals surface area contributed by atoms with E-state index in [1.165, 1.54) is 0 Å². The van der Waals surface area contributed by atoms with E-state index >= 15 is 0 Å². The maximum atomic E-state index is 13.5. The standard InChI is InChI=1S/2C23H18N2O3/c2*26-21(27)16-6-3-5-15(11-16)14-25-20-9-2-1-8-18(20)23(22(25)28)12-19(23)17-7-4-10-24-13-17/h2*1-11,13,19H,12,14H2,(H,26,27)/t2*19-,23-/m10/s1.